The summed E-state index contributed by atoms with van der Waals surface area (Å²) in [5.41, 5.74) is 1.76. The summed E-state index contributed by atoms with van der Waals surface area (Å²) >= 11 is 0. The van der Waals surface area contributed by atoms with Gasteiger partial charge in [0.2, 0.25) is 5.91 Å². The van der Waals surface area contributed by atoms with E-state index in [4.69, 9.17) is 5.26 Å². The number of amides is 1. The third kappa shape index (κ3) is 6.33. The molecule has 4 heteroatoms. The van der Waals surface area contributed by atoms with E-state index in [0.717, 1.165) is 44.0 Å². The zero-order chi connectivity index (χ0) is 17.2. The Kier molecular flexibility index (Phi) is 7.77. The molecule has 0 aliphatic carbocycles. The van der Waals surface area contributed by atoms with Gasteiger partial charge in [-0.3, -0.25) is 4.79 Å². The van der Waals surface area contributed by atoms with Gasteiger partial charge in [-0.2, -0.15) is 5.26 Å². The number of carbonyl (C=O) groups is 1. The van der Waals surface area contributed by atoms with Crippen LogP contribution < -0.4 is 5.32 Å². The van der Waals surface area contributed by atoms with E-state index in [9.17, 15) is 4.79 Å². The first-order valence-electron chi connectivity index (χ1n) is 9.19. The molecule has 0 radical (unpaired) electrons. The van der Waals surface area contributed by atoms with E-state index in [-0.39, 0.29) is 5.91 Å². The highest BCUT2D eigenvalue weighted by atomic mass is 16.1. The summed E-state index contributed by atoms with van der Waals surface area (Å²) in [5, 5.41) is 11.8. The third-order valence-corrected chi connectivity index (χ3v) is 4.86. The Morgan fingerprint density at radius 2 is 2.08 bits per heavy atom. The number of carbonyl (C=O) groups excluding carboxylic acids is 1. The van der Waals surface area contributed by atoms with Gasteiger partial charge >= 0.3 is 0 Å². The van der Waals surface area contributed by atoms with Gasteiger partial charge in [-0.15, -0.1) is 0 Å². The van der Waals surface area contributed by atoms with Crippen LogP contribution in [-0.2, 0) is 11.2 Å². The Morgan fingerprint density at radius 1 is 1.29 bits per heavy atom. The molecule has 0 unspecified atom stereocenters. The van der Waals surface area contributed by atoms with E-state index in [1.165, 1.54) is 25.8 Å². The van der Waals surface area contributed by atoms with Crippen molar-refractivity contribution in [1.29, 1.82) is 5.26 Å². The molecule has 1 aromatic rings. The van der Waals surface area contributed by atoms with Crippen LogP contribution in [0.2, 0.25) is 0 Å². The monoisotopic (exact) mass is 327 g/mol. The smallest absolute Gasteiger partial charge is 0.220 e. The average Bonchev–Trinajstić information content (AvgIpc) is 2.61. The topological polar surface area (TPSA) is 56.1 Å². The Balaban J connectivity index is 1.54. The number of hydrogen-bond donors (Lipinski definition) is 1. The van der Waals surface area contributed by atoms with Crippen molar-refractivity contribution in [2.45, 2.75) is 57.9 Å². The minimum Gasteiger partial charge on any atom is -0.356 e. The first kappa shape index (κ1) is 18.5. The molecular formula is C20H29N3O. The van der Waals surface area contributed by atoms with Crippen LogP contribution in [0.15, 0.2) is 24.3 Å². The largest absolute Gasteiger partial charge is 0.356 e. The second-order valence-electron chi connectivity index (χ2n) is 6.75. The van der Waals surface area contributed by atoms with Gasteiger partial charge in [-0.1, -0.05) is 18.6 Å². The Labute approximate surface area is 145 Å². The number of rotatable bonds is 8. The van der Waals surface area contributed by atoms with E-state index in [1.807, 2.05) is 12.1 Å². The number of nitriles is 1. The molecule has 1 aliphatic rings. The number of piperidine rings is 1. The highest BCUT2D eigenvalue weighted by Gasteiger charge is 2.16. The lowest BCUT2D eigenvalue weighted by Crippen LogP contribution is -2.38. The van der Waals surface area contributed by atoms with Gasteiger partial charge in [0.1, 0.15) is 0 Å². The molecule has 0 spiro atoms. The summed E-state index contributed by atoms with van der Waals surface area (Å²) < 4.78 is 0. The Bertz CT molecular complexity index is 547. The van der Waals surface area contributed by atoms with Gasteiger partial charge in [-0.25, -0.2) is 0 Å². The highest BCUT2D eigenvalue weighted by molar-refractivity contribution is 5.76. The quantitative estimate of drug-likeness (QED) is 0.746. The molecule has 4 nitrogen and oxygen atoms in total. The summed E-state index contributed by atoms with van der Waals surface area (Å²) in [5.74, 6) is 0.116. The van der Waals surface area contributed by atoms with Gasteiger partial charge in [-0.05, 0) is 69.8 Å². The molecule has 1 N–H and O–H groups in total. The summed E-state index contributed by atoms with van der Waals surface area (Å²) in [6, 6.07) is 10.3. The molecule has 0 saturated carbocycles. The van der Waals surface area contributed by atoms with Gasteiger partial charge in [0.15, 0.2) is 0 Å². The van der Waals surface area contributed by atoms with E-state index in [2.05, 4.69) is 23.2 Å². The van der Waals surface area contributed by atoms with Crippen LogP contribution in [-0.4, -0.2) is 36.5 Å². The number of likely N-dealkylation sites (tertiary alicyclic amines) is 1. The maximum Gasteiger partial charge on any atom is 0.220 e. The van der Waals surface area contributed by atoms with E-state index >= 15 is 0 Å². The molecule has 1 amide bonds. The van der Waals surface area contributed by atoms with Gasteiger partial charge in [0, 0.05) is 19.0 Å². The zero-order valence-corrected chi connectivity index (χ0v) is 14.8. The number of nitrogens with one attached hydrogen (secondary N) is 1. The molecule has 0 aromatic heterocycles. The second kappa shape index (κ2) is 10.1. The Morgan fingerprint density at radius 3 is 2.79 bits per heavy atom. The fourth-order valence-electron chi connectivity index (χ4n) is 3.25. The molecule has 24 heavy (non-hydrogen) atoms. The molecule has 1 saturated heterocycles. The zero-order valence-electron chi connectivity index (χ0n) is 14.8. The maximum absolute atomic E-state index is 11.9. The number of hydrogen-bond acceptors (Lipinski definition) is 3. The SMILES string of the molecule is C[C@H]1CCCCN1CCCCNC(=O)CCc1ccc(C#N)cc1. The standard InChI is InChI=1S/C20H29N3O/c1-17-6-2-4-14-23(17)15-5-3-13-22-20(24)12-11-18-7-9-19(16-21)10-8-18/h7-10,17H,2-6,11-15H2,1H3,(H,22,24)/t17-/m0/s1. The molecule has 1 aromatic carbocycles. The van der Waals surface area contributed by atoms with E-state index in [1.54, 1.807) is 12.1 Å². The lowest BCUT2D eigenvalue weighted by molar-refractivity contribution is -0.121. The minimum atomic E-state index is 0.116. The lowest BCUT2D eigenvalue weighted by Gasteiger charge is -2.33. The first-order valence-corrected chi connectivity index (χ1v) is 9.19. The van der Waals surface area contributed by atoms with Crippen molar-refractivity contribution in [1.82, 2.24) is 10.2 Å². The van der Waals surface area contributed by atoms with Crippen LogP contribution in [0.3, 0.4) is 0 Å². The first-order chi connectivity index (χ1) is 11.7. The predicted octanol–water partition coefficient (Wildman–Crippen LogP) is 3.26. The highest BCUT2D eigenvalue weighted by Crippen LogP contribution is 2.16. The summed E-state index contributed by atoms with van der Waals surface area (Å²) in [7, 11) is 0. The molecular weight excluding hydrogens is 298 g/mol. The minimum absolute atomic E-state index is 0.116. The fraction of sp³-hybridized carbons (Fsp3) is 0.600. The second-order valence-corrected chi connectivity index (χ2v) is 6.75. The van der Waals surface area contributed by atoms with Crippen molar-refractivity contribution in [3.63, 3.8) is 0 Å². The van der Waals surface area contributed by atoms with Crippen LogP contribution in [0.25, 0.3) is 0 Å². The normalized spacial score (nSPS) is 18.1. The van der Waals surface area contributed by atoms with Crippen LogP contribution in [0, 0.1) is 11.3 Å². The maximum atomic E-state index is 11.9. The van der Waals surface area contributed by atoms with Crippen LogP contribution >= 0.6 is 0 Å². The van der Waals surface area contributed by atoms with Crippen molar-refractivity contribution in [2.24, 2.45) is 0 Å². The lowest BCUT2D eigenvalue weighted by atomic mass is 10.0. The van der Waals surface area contributed by atoms with Crippen LogP contribution in [0.1, 0.15) is 56.6 Å². The number of aryl methyl sites for hydroxylation is 1. The van der Waals surface area contributed by atoms with Crippen molar-refractivity contribution >= 4 is 5.91 Å². The number of unbranched alkanes of at least 4 members (excludes halogenated alkanes) is 1. The summed E-state index contributed by atoms with van der Waals surface area (Å²) in [6.07, 6.45) is 7.46. The van der Waals surface area contributed by atoms with Gasteiger partial charge in [0.25, 0.3) is 0 Å². The van der Waals surface area contributed by atoms with Crippen molar-refractivity contribution in [3.8, 4) is 6.07 Å². The van der Waals surface area contributed by atoms with Crippen LogP contribution in [0.4, 0.5) is 0 Å². The third-order valence-electron chi connectivity index (χ3n) is 4.86. The van der Waals surface area contributed by atoms with E-state index in [0.29, 0.717) is 12.0 Å². The molecule has 2 rings (SSSR count). The van der Waals surface area contributed by atoms with Crippen molar-refractivity contribution < 1.29 is 4.79 Å². The number of nitrogens with zero attached hydrogens (tertiary/aromatic N) is 2. The van der Waals surface area contributed by atoms with Gasteiger partial charge in [0.05, 0.1) is 11.6 Å². The predicted molar refractivity (Wildman–Crippen MR) is 96.6 cm³/mol. The summed E-state index contributed by atoms with van der Waals surface area (Å²) in [6.45, 7) is 5.49. The molecule has 130 valence electrons. The van der Waals surface area contributed by atoms with Crippen LogP contribution in [0.5, 0.6) is 0 Å². The van der Waals surface area contributed by atoms with Gasteiger partial charge < -0.3 is 10.2 Å². The van der Waals surface area contributed by atoms with Crippen molar-refractivity contribution in [2.75, 3.05) is 19.6 Å². The molecule has 0 bridgehead atoms. The van der Waals surface area contributed by atoms with Crippen molar-refractivity contribution in [3.05, 3.63) is 35.4 Å². The van der Waals surface area contributed by atoms with E-state index < -0.39 is 0 Å². The molecule has 1 aliphatic heterocycles. The molecule has 1 heterocycles. The average molecular weight is 327 g/mol. The molecule has 1 fully saturated rings. The fourth-order valence-corrected chi connectivity index (χ4v) is 3.25. The Hall–Kier alpha value is -1.86. The number of benzene rings is 1. The molecule has 1 atom stereocenters. The summed E-state index contributed by atoms with van der Waals surface area (Å²) in [4.78, 5) is 14.5.